The molecule has 1 aliphatic heterocycles. The van der Waals surface area contributed by atoms with E-state index in [1.807, 2.05) is 6.92 Å². The number of halogens is 1. The van der Waals surface area contributed by atoms with E-state index in [4.69, 9.17) is 0 Å². The second kappa shape index (κ2) is 5.44. The zero-order valence-corrected chi connectivity index (χ0v) is 12.4. The van der Waals surface area contributed by atoms with Crippen molar-refractivity contribution in [3.8, 4) is 0 Å². The summed E-state index contributed by atoms with van der Waals surface area (Å²) in [6.45, 7) is 2.86. The van der Waals surface area contributed by atoms with E-state index >= 15 is 0 Å². The number of nitrogens with zero attached hydrogens (tertiary/aromatic N) is 1. The minimum absolute atomic E-state index is 0.107. The molecular formula is C15H15FN2O2S. The molecule has 0 spiro atoms. The van der Waals surface area contributed by atoms with Crippen LogP contribution < -0.4 is 5.32 Å². The molecule has 21 heavy (non-hydrogen) atoms. The number of fused-ring (bicyclic) bond motifs is 1. The van der Waals surface area contributed by atoms with E-state index < -0.39 is 6.04 Å². The summed E-state index contributed by atoms with van der Waals surface area (Å²) < 4.78 is 14.1. The largest absolute Gasteiger partial charge is 0.353 e. The van der Waals surface area contributed by atoms with Crippen LogP contribution in [0.1, 0.15) is 23.0 Å². The SMILES string of the molecule is CCC1C(=O)NCCN1C(=O)c1cc2cc(F)ccc2s1. The third-order valence-corrected chi connectivity index (χ3v) is 4.77. The molecule has 1 aromatic heterocycles. The Morgan fingerprint density at radius 1 is 1.48 bits per heavy atom. The molecular weight excluding hydrogens is 291 g/mol. The zero-order valence-electron chi connectivity index (χ0n) is 11.6. The van der Waals surface area contributed by atoms with Crippen LogP contribution in [-0.2, 0) is 4.79 Å². The molecule has 110 valence electrons. The average Bonchev–Trinajstić information content (AvgIpc) is 2.89. The predicted octanol–water partition coefficient (Wildman–Crippen LogP) is 2.39. The summed E-state index contributed by atoms with van der Waals surface area (Å²) in [5.74, 6) is -0.578. The molecule has 1 saturated heterocycles. The first-order valence-electron chi connectivity index (χ1n) is 6.88. The van der Waals surface area contributed by atoms with Gasteiger partial charge in [-0.25, -0.2) is 4.39 Å². The summed E-state index contributed by atoms with van der Waals surface area (Å²) in [6, 6.07) is 5.75. The quantitative estimate of drug-likeness (QED) is 0.926. The van der Waals surface area contributed by atoms with Crippen molar-refractivity contribution in [3.05, 3.63) is 35.0 Å². The monoisotopic (exact) mass is 306 g/mol. The number of amides is 2. The first kappa shape index (κ1) is 14.0. The van der Waals surface area contributed by atoms with Crippen LogP contribution in [0.15, 0.2) is 24.3 Å². The van der Waals surface area contributed by atoms with E-state index in [1.54, 1.807) is 17.0 Å². The first-order valence-corrected chi connectivity index (χ1v) is 7.69. The molecule has 0 bridgehead atoms. The van der Waals surface area contributed by atoms with E-state index in [1.165, 1.54) is 23.5 Å². The van der Waals surface area contributed by atoms with Crippen LogP contribution in [0.25, 0.3) is 10.1 Å². The predicted molar refractivity (Wildman–Crippen MR) is 79.9 cm³/mol. The number of piperazine rings is 1. The minimum atomic E-state index is -0.423. The third-order valence-electron chi connectivity index (χ3n) is 3.67. The van der Waals surface area contributed by atoms with Crippen LogP contribution in [0.5, 0.6) is 0 Å². The molecule has 1 atom stereocenters. The number of rotatable bonds is 2. The number of nitrogens with one attached hydrogen (secondary N) is 1. The van der Waals surface area contributed by atoms with Gasteiger partial charge in [0.2, 0.25) is 5.91 Å². The Morgan fingerprint density at radius 2 is 2.29 bits per heavy atom. The molecule has 1 fully saturated rings. The minimum Gasteiger partial charge on any atom is -0.353 e. The maximum absolute atomic E-state index is 13.2. The lowest BCUT2D eigenvalue weighted by Gasteiger charge is -2.34. The highest BCUT2D eigenvalue weighted by atomic mass is 32.1. The van der Waals surface area contributed by atoms with Crippen LogP contribution in [0.3, 0.4) is 0 Å². The number of thiophene rings is 1. The molecule has 4 nitrogen and oxygen atoms in total. The molecule has 3 rings (SSSR count). The number of hydrogen-bond acceptors (Lipinski definition) is 3. The Kier molecular flexibility index (Phi) is 3.63. The highest BCUT2D eigenvalue weighted by Crippen LogP contribution is 2.28. The van der Waals surface area contributed by atoms with Crippen molar-refractivity contribution in [2.75, 3.05) is 13.1 Å². The molecule has 6 heteroatoms. The van der Waals surface area contributed by atoms with E-state index in [2.05, 4.69) is 5.32 Å². The summed E-state index contributed by atoms with van der Waals surface area (Å²) in [7, 11) is 0. The Bertz CT molecular complexity index is 713. The number of hydrogen-bond donors (Lipinski definition) is 1. The van der Waals surface area contributed by atoms with E-state index in [0.717, 1.165) is 10.1 Å². The Labute approximate surface area is 125 Å². The standard InChI is InChI=1S/C15H15FN2O2S/c1-2-11-14(19)17-5-6-18(11)15(20)13-8-9-7-10(16)3-4-12(9)21-13/h3-4,7-8,11H,2,5-6H2,1H3,(H,17,19). The number of carbonyl (C=O) groups is 2. The fraction of sp³-hybridized carbons (Fsp3) is 0.333. The Morgan fingerprint density at radius 3 is 3.05 bits per heavy atom. The molecule has 0 aliphatic carbocycles. The zero-order chi connectivity index (χ0) is 15.0. The first-order chi connectivity index (χ1) is 10.1. The molecule has 2 aromatic rings. The summed E-state index contributed by atoms with van der Waals surface area (Å²) in [5.41, 5.74) is 0. The third kappa shape index (κ3) is 2.51. The molecule has 2 amide bonds. The maximum Gasteiger partial charge on any atom is 0.264 e. The number of benzene rings is 1. The molecule has 0 radical (unpaired) electrons. The van der Waals surface area contributed by atoms with Crippen molar-refractivity contribution in [2.45, 2.75) is 19.4 Å². The van der Waals surface area contributed by atoms with Crippen molar-refractivity contribution in [2.24, 2.45) is 0 Å². The maximum atomic E-state index is 13.2. The van der Waals surface area contributed by atoms with Gasteiger partial charge in [-0.3, -0.25) is 9.59 Å². The van der Waals surface area contributed by atoms with Gasteiger partial charge < -0.3 is 10.2 Å². The van der Waals surface area contributed by atoms with Crippen molar-refractivity contribution >= 4 is 33.2 Å². The van der Waals surface area contributed by atoms with Gasteiger partial charge in [0.15, 0.2) is 0 Å². The molecule has 1 aromatic carbocycles. The van der Waals surface area contributed by atoms with Gasteiger partial charge in [0.05, 0.1) is 4.88 Å². The van der Waals surface area contributed by atoms with E-state index in [9.17, 15) is 14.0 Å². The highest BCUT2D eigenvalue weighted by molar-refractivity contribution is 7.20. The van der Waals surface area contributed by atoms with Crippen LogP contribution in [-0.4, -0.2) is 35.8 Å². The van der Waals surface area contributed by atoms with Gasteiger partial charge >= 0.3 is 0 Å². The smallest absolute Gasteiger partial charge is 0.264 e. The lowest BCUT2D eigenvalue weighted by Crippen LogP contribution is -2.56. The van der Waals surface area contributed by atoms with Crippen LogP contribution >= 0.6 is 11.3 Å². The van der Waals surface area contributed by atoms with Crippen LogP contribution in [0.2, 0.25) is 0 Å². The Hall–Kier alpha value is -1.95. The molecule has 0 saturated carbocycles. The topological polar surface area (TPSA) is 49.4 Å². The van der Waals surface area contributed by atoms with Crippen molar-refractivity contribution in [1.82, 2.24) is 10.2 Å². The van der Waals surface area contributed by atoms with Crippen molar-refractivity contribution < 1.29 is 14.0 Å². The van der Waals surface area contributed by atoms with Gasteiger partial charge in [-0.1, -0.05) is 6.92 Å². The van der Waals surface area contributed by atoms with Gasteiger partial charge in [-0.05, 0) is 36.1 Å². The van der Waals surface area contributed by atoms with Gasteiger partial charge in [0.25, 0.3) is 5.91 Å². The molecule has 1 aliphatic rings. The van der Waals surface area contributed by atoms with Crippen molar-refractivity contribution in [1.29, 1.82) is 0 Å². The average molecular weight is 306 g/mol. The van der Waals surface area contributed by atoms with E-state index in [0.29, 0.717) is 24.4 Å². The summed E-state index contributed by atoms with van der Waals surface area (Å²) in [4.78, 5) is 26.6. The second-order valence-electron chi connectivity index (χ2n) is 5.01. The van der Waals surface area contributed by atoms with Crippen LogP contribution in [0.4, 0.5) is 4.39 Å². The summed E-state index contributed by atoms with van der Waals surface area (Å²) in [5, 5.41) is 3.49. The lowest BCUT2D eigenvalue weighted by molar-refractivity contribution is -0.127. The fourth-order valence-electron chi connectivity index (χ4n) is 2.62. The van der Waals surface area contributed by atoms with Crippen LogP contribution in [0, 0.1) is 5.82 Å². The molecule has 1 N–H and O–H groups in total. The lowest BCUT2D eigenvalue weighted by atomic mass is 10.1. The van der Waals surface area contributed by atoms with E-state index in [-0.39, 0.29) is 17.6 Å². The fourth-order valence-corrected chi connectivity index (χ4v) is 3.62. The summed E-state index contributed by atoms with van der Waals surface area (Å²) in [6.07, 6.45) is 0.580. The van der Waals surface area contributed by atoms with Gasteiger partial charge in [-0.2, -0.15) is 0 Å². The highest BCUT2D eigenvalue weighted by Gasteiger charge is 2.32. The number of carbonyl (C=O) groups excluding carboxylic acids is 2. The van der Waals surface area contributed by atoms with Gasteiger partial charge in [0, 0.05) is 17.8 Å². The molecule has 2 heterocycles. The normalized spacial score (nSPS) is 18.9. The van der Waals surface area contributed by atoms with Gasteiger partial charge in [-0.15, -0.1) is 11.3 Å². The summed E-state index contributed by atoms with van der Waals surface area (Å²) >= 11 is 1.33. The van der Waals surface area contributed by atoms with Gasteiger partial charge in [0.1, 0.15) is 11.9 Å². The second-order valence-corrected chi connectivity index (χ2v) is 6.09. The van der Waals surface area contributed by atoms with Crippen molar-refractivity contribution in [3.63, 3.8) is 0 Å². The molecule has 1 unspecified atom stereocenters. The Balaban J connectivity index is 1.93.